The molecule has 0 saturated heterocycles. The van der Waals surface area contributed by atoms with Gasteiger partial charge in [0.2, 0.25) is 0 Å². The first-order chi connectivity index (χ1) is 19.4. The molecule has 3 aliphatic rings. The minimum absolute atomic E-state index is 0.0259. The Labute approximate surface area is 235 Å². The first-order valence-electron chi connectivity index (χ1n) is 13.8. The number of carbonyl (C=O) groups is 2. The Kier molecular flexibility index (Phi) is 8.05. The smallest absolute Gasteiger partial charge is 0.337 e. The van der Waals surface area contributed by atoms with Gasteiger partial charge in [0.1, 0.15) is 6.10 Å². The van der Waals surface area contributed by atoms with Gasteiger partial charge in [-0.1, -0.05) is 18.2 Å². The van der Waals surface area contributed by atoms with E-state index in [2.05, 4.69) is 5.32 Å². The molecule has 0 amide bonds. The summed E-state index contributed by atoms with van der Waals surface area (Å²) < 4.78 is 28.3. The number of para-hydroxylation sites is 1. The van der Waals surface area contributed by atoms with Crippen LogP contribution in [0.15, 0.2) is 58.9 Å². The van der Waals surface area contributed by atoms with E-state index >= 15 is 0 Å². The average molecular weight is 548 g/mol. The van der Waals surface area contributed by atoms with Gasteiger partial charge >= 0.3 is 5.97 Å². The fourth-order valence-corrected chi connectivity index (χ4v) is 6.32. The van der Waals surface area contributed by atoms with Crippen molar-refractivity contribution < 1.29 is 33.3 Å². The number of hydrogen-bond donors (Lipinski definition) is 1. The summed E-state index contributed by atoms with van der Waals surface area (Å²) in [6.07, 6.45) is 4.61. The molecule has 0 bridgehead atoms. The third-order valence-electron chi connectivity index (χ3n) is 8.25. The van der Waals surface area contributed by atoms with E-state index in [1.165, 1.54) is 0 Å². The van der Waals surface area contributed by atoms with Gasteiger partial charge in [-0.3, -0.25) is 4.79 Å². The van der Waals surface area contributed by atoms with Crippen LogP contribution in [0.25, 0.3) is 0 Å². The average Bonchev–Trinajstić information content (AvgIpc) is 3.48. The molecule has 0 spiro atoms. The number of rotatable bonds is 8. The number of esters is 1. The monoisotopic (exact) mass is 547 g/mol. The minimum atomic E-state index is -0.644. The molecule has 2 aromatic rings. The highest BCUT2D eigenvalue weighted by Crippen LogP contribution is 2.50. The Morgan fingerprint density at radius 2 is 1.60 bits per heavy atom. The van der Waals surface area contributed by atoms with Crippen LogP contribution in [0.1, 0.15) is 68.4 Å². The summed E-state index contributed by atoms with van der Waals surface area (Å²) in [6.45, 7) is 1.87. The van der Waals surface area contributed by atoms with Crippen molar-refractivity contribution in [1.82, 2.24) is 5.32 Å². The molecule has 1 saturated carbocycles. The van der Waals surface area contributed by atoms with Gasteiger partial charge in [-0.15, -0.1) is 0 Å². The van der Waals surface area contributed by atoms with Gasteiger partial charge in [-0.25, -0.2) is 4.79 Å². The van der Waals surface area contributed by atoms with Gasteiger partial charge in [-0.05, 0) is 68.7 Å². The molecule has 2 atom stereocenters. The lowest BCUT2D eigenvalue weighted by atomic mass is 9.71. The maximum Gasteiger partial charge on any atom is 0.337 e. The van der Waals surface area contributed by atoms with Gasteiger partial charge in [0, 0.05) is 29.0 Å². The van der Waals surface area contributed by atoms with E-state index < -0.39 is 11.9 Å². The minimum Gasteiger partial charge on any atom is -0.493 e. The molecule has 0 aromatic heterocycles. The van der Waals surface area contributed by atoms with Crippen LogP contribution in [-0.4, -0.2) is 46.3 Å². The Morgan fingerprint density at radius 1 is 0.875 bits per heavy atom. The number of ether oxygens (including phenoxy) is 5. The molecule has 8 nitrogen and oxygen atoms in total. The molecular formula is C32H37NO7. The number of dihydropyridines is 1. The van der Waals surface area contributed by atoms with Crippen molar-refractivity contribution in [3.8, 4) is 23.0 Å². The predicted octanol–water partition coefficient (Wildman–Crippen LogP) is 5.57. The van der Waals surface area contributed by atoms with E-state index in [0.29, 0.717) is 58.2 Å². The van der Waals surface area contributed by atoms with Crippen LogP contribution in [0.3, 0.4) is 0 Å². The van der Waals surface area contributed by atoms with Gasteiger partial charge in [0.05, 0.1) is 39.9 Å². The fraction of sp³-hybridized carbons (Fsp3) is 0.438. The Hall–Kier alpha value is -3.94. The molecule has 40 heavy (non-hydrogen) atoms. The summed E-state index contributed by atoms with van der Waals surface area (Å²) >= 11 is 0. The number of ketones is 1. The Balaban J connectivity index is 1.59. The molecule has 1 N–H and O–H groups in total. The maximum atomic E-state index is 14.0. The van der Waals surface area contributed by atoms with Gasteiger partial charge < -0.3 is 29.0 Å². The first-order valence-corrected chi connectivity index (χ1v) is 13.8. The van der Waals surface area contributed by atoms with Crippen molar-refractivity contribution in [2.75, 3.05) is 28.4 Å². The number of benzene rings is 2. The second-order valence-electron chi connectivity index (χ2n) is 10.5. The van der Waals surface area contributed by atoms with Crippen molar-refractivity contribution in [2.45, 2.75) is 63.4 Å². The molecule has 0 radical (unpaired) electrons. The third kappa shape index (κ3) is 5.03. The van der Waals surface area contributed by atoms with E-state index in [9.17, 15) is 9.59 Å². The summed E-state index contributed by atoms with van der Waals surface area (Å²) in [5, 5.41) is 3.43. The summed E-state index contributed by atoms with van der Waals surface area (Å²) in [4.78, 5) is 27.8. The van der Waals surface area contributed by atoms with Gasteiger partial charge in [-0.2, -0.15) is 0 Å². The standard InChI is InChI=1S/C32H37NO7/c1-18-28(32(35)40-21-9-6-7-10-21)29(22-11-8-12-26(37-3)31(22)39-5)30-23(33-18)15-20(16-24(30)34)19-13-14-25(36-2)27(17-19)38-4/h8,11-14,17,20-21,29,33H,6-7,9-10,15-16H2,1-5H3/t20-,29+/m1/s1. The molecular weight excluding hydrogens is 510 g/mol. The number of methoxy groups -OCH3 is 4. The summed E-state index contributed by atoms with van der Waals surface area (Å²) in [5.41, 5.74) is 4.19. The second-order valence-corrected chi connectivity index (χ2v) is 10.5. The van der Waals surface area contributed by atoms with Gasteiger partial charge in [0.25, 0.3) is 0 Å². The van der Waals surface area contributed by atoms with Crippen LogP contribution >= 0.6 is 0 Å². The lowest BCUT2D eigenvalue weighted by Crippen LogP contribution is -2.36. The highest BCUT2D eigenvalue weighted by Gasteiger charge is 2.43. The van der Waals surface area contributed by atoms with Crippen molar-refractivity contribution >= 4 is 11.8 Å². The van der Waals surface area contributed by atoms with Crippen LogP contribution < -0.4 is 24.3 Å². The quantitative estimate of drug-likeness (QED) is 0.429. The lowest BCUT2D eigenvalue weighted by Gasteiger charge is -2.37. The Morgan fingerprint density at radius 3 is 2.27 bits per heavy atom. The van der Waals surface area contributed by atoms with Crippen LogP contribution in [0, 0.1) is 0 Å². The molecule has 5 rings (SSSR count). The summed E-state index contributed by atoms with van der Waals surface area (Å²) in [5.74, 6) is 1.16. The number of hydrogen-bond acceptors (Lipinski definition) is 8. The third-order valence-corrected chi connectivity index (χ3v) is 8.25. The molecule has 1 heterocycles. The highest BCUT2D eigenvalue weighted by molar-refractivity contribution is 6.04. The Bertz CT molecular complexity index is 1370. The zero-order valence-electron chi connectivity index (χ0n) is 23.8. The maximum absolute atomic E-state index is 14.0. The highest BCUT2D eigenvalue weighted by atomic mass is 16.5. The predicted molar refractivity (Wildman–Crippen MR) is 150 cm³/mol. The van der Waals surface area contributed by atoms with Crippen molar-refractivity contribution in [3.05, 3.63) is 70.1 Å². The lowest BCUT2D eigenvalue weighted by molar-refractivity contribution is -0.144. The summed E-state index contributed by atoms with van der Waals surface area (Å²) in [6, 6.07) is 11.3. The van der Waals surface area contributed by atoms with E-state index in [1.807, 2.05) is 43.3 Å². The molecule has 212 valence electrons. The first kappa shape index (κ1) is 27.6. The largest absolute Gasteiger partial charge is 0.493 e. The van der Waals surface area contributed by atoms with Crippen molar-refractivity contribution in [1.29, 1.82) is 0 Å². The van der Waals surface area contributed by atoms with Gasteiger partial charge in [0.15, 0.2) is 28.8 Å². The number of nitrogens with one attached hydrogen (secondary N) is 1. The molecule has 8 heteroatoms. The number of carbonyl (C=O) groups excluding carboxylic acids is 2. The SMILES string of the molecule is COc1ccc([C@H]2CC(=O)C3=C(C2)NC(C)=C(C(=O)OC2CCCC2)[C@@H]3c2cccc(OC)c2OC)cc1OC. The molecule has 0 unspecified atom stereocenters. The van der Waals surface area contributed by atoms with E-state index in [1.54, 1.807) is 28.4 Å². The zero-order valence-corrected chi connectivity index (χ0v) is 23.8. The molecule has 2 aliphatic carbocycles. The fourth-order valence-electron chi connectivity index (χ4n) is 6.32. The topological polar surface area (TPSA) is 92.3 Å². The van der Waals surface area contributed by atoms with Crippen LogP contribution in [0.4, 0.5) is 0 Å². The van der Waals surface area contributed by atoms with E-state index in [4.69, 9.17) is 23.7 Å². The summed E-state index contributed by atoms with van der Waals surface area (Å²) in [7, 11) is 6.34. The normalized spacial score (nSPS) is 21.1. The number of Topliss-reactive ketones (excluding diaryl/α,β-unsaturated/α-hetero) is 1. The van der Waals surface area contributed by atoms with Crippen LogP contribution in [0.2, 0.25) is 0 Å². The van der Waals surface area contributed by atoms with Crippen molar-refractivity contribution in [3.63, 3.8) is 0 Å². The van der Waals surface area contributed by atoms with Crippen LogP contribution in [-0.2, 0) is 14.3 Å². The van der Waals surface area contributed by atoms with E-state index in [0.717, 1.165) is 36.9 Å². The molecule has 1 aliphatic heterocycles. The van der Waals surface area contributed by atoms with E-state index in [-0.39, 0.29) is 17.8 Å². The molecule has 2 aromatic carbocycles. The zero-order chi connectivity index (χ0) is 28.4. The number of allylic oxidation sites excluding steroid dienone is 3. The van der Waals surface area contributed by atoms with Crippen LogP contribution in [0.5, 0.6) is 23.0 Å². The molecule has 1 fully saturated rings. The van der Waals surface area contributed by atoms with Crippen molar-refractivity contribution in [2.24, 2.45) is 0 Å². The second kappa shape index (κ2) is 11.7.